The first-order chi connectivity index (χ1) is 12.3. The second kappa shape index (κ2) is 9.23. The zero-order chi connectivity index (χ0) is 17.3. The van der Waals surface area contributed by atoms with Crippen molar-refractivity contribution in [2.24, 2.45) is 0 Å². The lowest BCUT2D eigenvalue weighted by Crippen LogP contribution is -2.18. The molecule has 3 rings (SSSR count). The number of carbonyl (C=O) groups excluding carboxylic acids is 1. The Bertz CT molecular complexity index is 666. The van der Waals surface area contributed by atoms with Crippen LogP contribution in [0.3, 0.4) is 0 Å². The van der Waals surface area contributed by atoms with E-state index in [1.807, 2.05) is 42.5 Å². The van der Waals surface area contributed by atoms with Crippen LogP contribution in [-0.2, 0) is 16.0 Å². The van der Waals surface area contributed by atoms with Crippen molar-refractivity contribution in [1.82, 2.24) is 0 Å². The van der Waals surface area contributed by atoms with Gasteiger partial charge in [0.15, 0.2) is 0 Å². The summed E-state index contributed by atoms with van der Waals surface area (Å²) in [5.74, 6) is 0.721. The number of para-hydroxylation sites is 2. The molecule has 1 aliphatic rings. The summed E-state index contributed by atoms with van der Waals surface area (Å²) in [7, 11) is 0. The summed E-state index contributed by atoms with van der Waals surface area (Å²) < 4.78 is 11.4. The zero-order valence-electron chi connectivity index (χ0n) is 14.4. The average Bonchev–Trinajstić information content (AvgIpc) is 3.15. The van der Waals surface area contributed by atoms with E-state index < -0.39 is 0 Å². The van der Waals surface area contributed by atoms with Crippen LogP contribution < -0.4 is 10.1 Å². The highest BCUT2D eigenvalue weighted by Crippen LogP contribution is 2.25. The van der Waals surface area contributed by atoms with Gasteiger partial charge in [-0.1, -0.05) is 42.5 Å². The molecule has 1 unspecified atom stereocenters. The van der Waals surface area contributed by atoms with Gasteiger partial charge in [0.1, 0.15) is 12.4 Å². The number of carbonyl (C=O) groups is 1. The van der Waals surface area contributed by atoms with Gasteiger partial charge in [-0.3, -0.25) is 4.79 Å². The van der Waals surface area contributed by atoms with E-state index in [0.29, 0.717) is 18.8 Å². The van der Waals surface area contributed by atoms with Crippen LogP contribution in [-0.4, -0.2) is 25.2 Å². The van der Waals surface area contributed by atoms with Crippen LogP contribution in [0.1, 0.15) is 31.2 Å². The van der Waals surface area contributed by atoms with E-state index in [1.165, 1.54) is 5.56 Å². The molecule has 2 aromatic rings. The third-order valence-corrected chi connectivity index (χ3v) is 4.32. The Hall–Kier alpha value is -2.33. The maximum Gasteiger partial charge on any atom is 0.224 e. The van der Waals surface area contributed by atoms with Crippen LogP contribution in [0.4, 0.5) is 5.69 Å². The van der Waals surface area contributed by atoms with Crippen LogP contribution in [0.2, 0.25) is 0 Å². The van der Waals surface area contributed by atoms with Gasteiger partial charge < -0.3 is 14.8 Å². The molecule has 1 heterocycles. The number of rotatable bonds is 8. The molecule has 2 aromatic carbocycles. The normalized spacial score (nSPS) is 16.6. The Balaban J connectivity index is 1.47. The summed E-state index contributed by atoms with van der Waals surface area (Å²) in [5.41, 5.74) is 1.99. The summed E-state index contributed by atoms with van der Waals surface area (Å²) in [5, 5.41) is 2.97. The summed E-state index contributed by atoms with van der Waals surface area (Å²) >= 11 is 0. The fraction of sp³-hybridized carbons (Fsp3) is 0.381. The molecular weight excluding hydrogens is 314 g/mol. The van der Waals surface area contributed by atoms with Gasteiger partial charge >= 0.3 is 0 Å². The Kier molecular flexibility index (Phi) is 6.46. The molecule has 0 aliphatic carbocycles. The first kappa shape index (κ1) is 17.5. The van der Waals surface area contributed by atoms with E-state index in [-0.39, 0.29) is 12.0 Å². The predicted molar refractivity (Wildman–Crippen MR) is 98.9 cm³/mol. The summed E-state index contributed by atoms with van der Waals surface area (Å²) in [6.07, 6.45) is 4.52. The van der Waals surface area contributed by atoms with E-state index in [2.05, 4.69) is 17.4 Å². The second-order valence-electron chi connectivity index (χ2n) is 6.33. The SMILES string of the molecule is O=C(CCCc1ccccc1)Nc1ccccc1OCC1CCCO1. The van der Waals surface area contributed by atoms with Gasteiger partial charge in [0.2, 0.25) is 5.91 Å². The molecule has 25 heavy (non-hydrogen) atoms. The highest BCUT2D eigenvalue weighted by molar-refractivity contribution is 5.92. The monoisotopic (exact) mass is 339 g/mol. The van der Waals surface area contributed by atoms with Gasteiger partial charge in [-0.05, 0) is 43.4 Å². The third kappa shape index (κ3) is 5.61. The lowest BCUT2D eigenvalue weighted by molar-refractivity contribution is -0.116. The van der Waals surface area contributed by atoms with Crippen molar-refractivity contribution in [3.8, 4) is 5.75 Å². The molecule has 4 nitrogen and oxygen atoms in total. The number of aryl methyl sites for hydroxylation is 1. The van der Waals surface area contributed by atoms with Gasteiger partial charge in [-0.25, -0.2) is 0 Å². The quantitative estimate of drug-likeness (QED) is 0.784. The van der Waals surface area contributed by atoms with Crippen LogP contribution >= 0.6 is 0 Å². The zero-order valence-corrected chi connectivity index (χ0v) is 14.4. The van der Waals surface area contributed by atoms with Gasteiger partial charge in [0, 0.05) is 13.0 Å². The number of anilines is 1. The van der Waals surface area contributed by atoms with E-state index in [0.717, 1.165) is 38.0 Å². The minimum absolute atomic E-state index is 0.0177. The van der Waals surface area contributed by atoms with Crippen molar-refractivity contribution < 1.29 is 14.3 Å². The standard InChI is InChI=1S/C21H25NO3/c23-21(14-6-10-17-8-2-1-3-9-17)22-19-12-4-5-13-20(19)25-16-18-11-7-15-24-18/h1-5,8-9,12-13,18H,6-7,10-11,14-16H2,(H,22,23). The number of hydrogen-bond donors (Lipinski definition) is 1. The Morgan fingerprint density at radius 3 is 2.72 bits per heavy atom. The number of amides is 1. The molecule has 1 amide bonds. The highest BCUT2D eigenvalue weighted by Gasteiger charge is 2.17. The van der Waals surface area contributed by atoms with Crippen molar-refractivity contribution in [1.29, 1.82) is 0 Å². The topological polar surface area (TPSA) is 47.6 Å². The number of ether oxygens (including phenoxy) is 2. The number of nitrogens with one attached hydrogen (secondary N) is 1. The molecule has 1 atom stereocenters. The average molecular weight is 339 g/mol. The summed E-state index contributed by atoms with van der Waals surface area (Å²) in [6.45, 7) is 1.34. The molecule has 132 valence electrons. The Morgan fingerprint density at radius 2 is 1.92 bits per heavy atom. The van der Waals surface area contributed by atoms with Gasteiger partial charge in [-0.15, -0.1) is 0 Å². The van der Waals surface area contributed by atoms with E-state index in [4.69, 9.17) is 9.47 Å². The van der Waals surface area contributed by atoms with Crippen molar-refractivity contribution in [3.63, 3.8) is 0 Å². The van der Waals surface area contributed by atoms with Crippen molar-refractivity contribution in [2.45, 2.75) is 38.2 Å². The van der Waals surface area contributed by atoms with Gasteiger partial charge in [0.25, 0.3) is 0 Å². The van der Waals surface area contributed by atoms with Crippen LogP contribution in [0.5, 0.6) is 5.75 Å². The van der Waals surface area contributed by atoms with Crippen molar-refractivity contribution in [3.05, 3.63) is 60.2 Å². The molecular formula is C21H25NO3. The van der Waals surface area contributed by atoms with Crippen LogP contribution in [0.25, 0.3) is 0 Å². The Morgan fingerprint density at radius 1 is 1.12 bits per heavy atom. The molecule has 0 aromatic heterocycles. The maximum atomic E-state index is 12.2. The fourth-order valence-electron chi connectivity index (χ4n) is 2.96. The van der Waals surface area contributed by atoms with Crippen LogP contribution in [0.15, 0.2) is 54.6 Å². The molecule has 1 saturated heterocycles. The first-order valence-electron chi connectivity index (χ1n) is 8.98. The molecule has 0 bridgehead atoms. The molecule has 1 fully saturated rings. The lowest BCUT2D eigenvalue weighted by Gasteiger charge is -2.15. The largest absolute Gasteiger partial charge is 0.489 e. The second-order valence-corrected chi connectivity index (χ2v) is 6.33. The van der Waals surface area contributed by atoms with Gasteiger partial charge in [0.05, 0.1) is 11.8 Å². The van der Waals surface area contributed by atoms with E-state index in [1.54, 1.807) is 0 Å². The first-order valence-corrected chi connectivity index (χ1v) is 8.98. The molecule has 0 spiro atoms. The third-order valence-electron chi connectivity index (χ3n) is 4.32. The van der Waals surface area contributed by atoms with Gasteiger partial charge in [-0.2, -0.15) is 0 Å². The van der Waals surface area contributed by atoms with E-state index >= 15 is 0 Å². The molecule has 4 heteroatoms. The molecule has 0 radical (unpaired) electrons. The summed E-state index contributed by atoms with van der Waals surface area (Å²) in [6, 6.07) is 17.8. The number of benzene rings is 2. The Labute approximate surface area is 149 Å². The lowest BCUT2D eigenvalue weighted by atomic mass is 10.1. The summed E-state index contributed by atoms with van der Waals surface area (Å²) in [4.78, 5) is 12.2. The predicted octanol–water partition coefficient (Wildman–Crippen LogP) is 4.21. The highest BCUT2D eigenvalue weighted by atomic mass is 16.5. The van der Waals surface area contributed by atoms with E-state index in [9.17, 15) is 4.79 Å². The van der Waals surface area contributed by atoms with Crippen LogP contribution in [0, 0.1) is 0 Å². The molecule has 1 aliphatic heterocycles. The maximum absolute atomic E-state index is 12.2. The molecule has 0 saturated carbocycles. The molecule has 1 N–H and O–H groups in total. The minimum atomic E-state index is 0.0177. The smallest absolute Gasteiger partial charge is 0.224 e. The minimum Gasteiger partial charge on any atom is -0.489 e. The fourth-order valence-corrected chi connectivity index (χ4v) is 2.96. The van der Waals surface area contributed by atoms with Crippen molar-refractivity contribution in [2.75, 3.05) is 18.5 Å². The number of hydrogen-bond acceptors (Lipinski definition) is 3. The van der Waals surface area contributed by atoms with Crippen molar-refractivity contribution >= 4 is 11.6 Å².